The first kappa shape index (κ1) is 26.5. The molecule has 2 aliphatic rings. The maximum Gasteiger partial charge on any atom is 0.313 e. The quantitative estimate of drug-likeness (QED) is 0.554. The molecule has 1 N–H and O–H groups in total. The van der Waals surface area contributed by atoms with Gasteiger partial charge in [-0.25, -0.2) is 0 Å². The molecular weight excluding hydrogens is 360 g/mol. The first-order valence-electron chi connectivity index (χ1n) is 8.11. The molecule has 2 fully saturated rings. The Bertz CT molecular complexity index is 389. The van der Waals surface area contributed by atoms with Crippen LogP contribution in [0.5, 0.6) is 0 Å². The van der Waals surface area contributed by atoms with E-state index in [4.69, 9.17) is 9.84 Å². The van der Waals surface area contributed by atoms with Gasteiger partial charge in [-0.15, -0.1) is 0 Å². The van der Waals surface area contributed by atoms with Crippen LogP contribution in [0.25, 0.3) is 0 Å². The first-order valence-corrected chi connectivity index (χ1v) is 10.4. The van der Waals surface area contributed by atoms with E-state index < -0.39 is 5.97 Å². The molecule has 0 aromatic rings. The molecule has 0 saturated carbocycles. The molecule has 0 bridgehead atoms. The molecule has 0 atom stereocenters. The molecule has 0 radical (unpaired) electrons. The van der Waals surface area contributed by atoms with Crippen LogP contribution in [0.15, 0.2) is 0 Å². The van der Waals surface area contributed by atoms with Gasteiger partial charge in [-0.3, -0.25) is 14.4 Å². The number of thioether (sulfide) groups is 2. The summed E-state index contributed by atoms with van der Waals surface area (Å²) in [5.74, 6) is 3.24. The van der Waals surface area contributed by atoms with E-state index in [-0.39, 0.29) is 44.9 Å². The third-order valence-electron chi connectivity index (χ3n) is 3.87. The van der Waals surface area contributed by atoms with Gasteiger partial charge in [0.25, 0.3) is 0 Å². The molecule has 0 amide bonds. The minimum Gasteiger partial charge on any atom is -0.481 e. The molecule has 2 aliphatic heterocycles. The second kappa shape index (κ2) is 15.6. The van der Waals surface area contributed by atoms with Crippen molar-refractivity contribution in [3.05, 3.63) is 0 Å². The van der Waals surface area contributed by atoms with Crippen LogP contribution in [0.4, 0.5) is 0 Å². The van der Waals surface area contributed by atoms with Gasteiger partial charge in [0.2, 0.25) is 0 Å². The van der Waals surface area contributed by atoms with Crippen LogP contribution in [0, 0.1) is 11.8 Å². The van der Waals surface area contributed by atoms with Crippen molar-refractivity contribution >= 4 is 41.2 Å². The van der Waals surface area contributed by atoms with Crippen LogP contribution < -0.4 is 0 Å². The average molecular weight is 395 g/mol. The van der Waals surface area contributed by atoms with E-state index in [9.17, 15) is 14.4 Å². The molecule has 5 nitrogen and oxygen atoms in total. The highest BCUT2D eigenvalue weighted by atomic mass is 32.2. The van der Waals surface area contributed by atoms with Crippen LogP contribution in [0.3, 0.4) is 0 Å². The number of carbonyl (C=O) groups excluding carboxylic acids is 2. The van der Waals surface area contributed by atoms with Gasteiger partial charge in [-0.1, -0.05) is 14.9 Å². The Morgan fingerprint density at radius 2 is 1.36 bits per heavy atom. The highest BCUT2D eigenvalue weighted by Gasteiger charge is 2.23. The van der Waals surface area contributed by atoms with Crippen molar-refractivity contribution in [2.24, 2.45) is 11.8 Å². The largest absolute Gasteiger partial charge is 0.481 e. The van der Waals surface area contributed by atoms with Crippen LogP contribution in [-0.2, 0) is 19.1 Å². The molecule has 0 spiro atoms. The number of esters is 1. The lowest BCUT2D eigenvalue weighted by Crippen LogP contribution is -2.23. The lowest BCUT2D eigenvalue weighted by Gasteiger charge is -2.19. The first-order chi connectivity index (χ1) is 11.0. The van der Waals surface area contributed by atoms with E-state index in [1.165, 1.54) is 0 Å². The molecule has 25 heavy (non-hydrogen) atoms. The fourth-order valence-corrected chi connectivity index (χ4v) is 4.68. The normalized spacial score (nSPS) is 17.8. The Balaban J connectivity index is 0. The Hall–Kier alpha value is -0.690. The highest BCUT2D eigenvalue weighted by Crippen LogP contribution is 2.24. The summed E-state index contributed by atoms with van der Waals surface area (Å²) in [4.78, 5) is 33.0. The second-order valence-corrected chi connectivity index (χ2v) is 8.01. The maximum atomic E-state index is 11.6. The molecule has 0 unspecified atom stereocenters. The molecule has 7 heteroatoms. The van der Waals surface area contributed by atoms with E-state index in [1.54, 1.807) is 6.92 Å². The number of ketones is 1. The summed E-state index contributed by atoms with van der Waals surface area (Å²) >= 11 is 3.73. The van der Waals surface area contributed by atoms with E-state index in [2.05, 4.69) is 0 Å². The van der Waals surface area contributed by atoms with Crippen molar-refractivity contribution in [2.75, 3.05) is 29.6 Å². The fraction of sp³-hybridized carbons (Fsp3) is 0.833. The molecule has 148 valence electrons. The number of rotatable bonds is 5. The third-order valence-corrected chi connectivity index (χ3v) is 5.97. The SMILES string of the molecule is C.C.CCOC(=O)CC(=O)C1CCSCC1.O=C(O)C1CCSCC1. The van der Waals surface area contributed by atoms with E-state index in [1.807, 2.05) is 23.5 Å². The van der Waals surface area contributed by atoms with Gasteiger partial charge in [-0.2, -0.15) is 23.5 Å². The van der Waals surface area contributed by atoms with Crippen molar-refractivity contribution in [3.8, 4) is 0 Å². The number of carboxylic acids is 1. The average Bonchev–Trinajstić information content (AvgIpc) is 2.57. The minimum atomic E-state index is -0.615. The van der Waals surface area contributed by atoms with Gasteiger partial charge in [-0.05, 0) is 55.6 Å². The number of hydrogen-bond donors (Lipinski definition) is 1. The predicted molar refractivity (Wildman–Crippen MR) is 107 cm³/mol. The Morgan fingerprint density at radius 1 is 0.920 bits per heavy atom. The van der Waals surface area contributed by atoms with E-state index in [0.29, 0.717) is 6.61 Å². The third kappa shape index (κ3) is 11.5. The molecule has 2 rings (SSSR count). The summed E-state index contributed by atoms with van der Waals surface area (Å²) in [6, 6.07) is 0. The summed E-state index contributed by atoms with van der Waals surface area (Å²) in [6.45, 7) is 2.10. The molecule has 0 aromatic heterocycles. The predicted octanol–water partition coefficient (Wildman–Crippen LogP) is 4.14. The Kier molecular flexibility index (Phi) is 16.5. The minimum absolute atomic E-state index is 0. The van der Waals surface area contributed by atoms with Crippen LogP contribution in [-0.4, -0.2) is 52.4 Å². The van der Waals surface area contributed by atoms with E-state index in [0.717, 1.165) is 48.7 Å². The lowest BCUT2D eigenvalue weighted by molar-refractivity contribution is -0.146. The zero-order valence-corrected chi connectivity index (χ0v) is 15.3. The van der Waals surface area contributed by atoms with Crippen molar-refractivity contribution in [1.29, 1.82) is 0 Å². The monoisotopic (exact) mass is 394 g/mol. The molecular formula is C18H34O5S2. The van der Waals surface area contributed by atoms with Gasteiger partial charge in [0.15, 0.2) is 0 Å². The molecule has 2 saturated heterocycles. The highest BCUT2D eigenvalue weighted by molar-refractivity contribution is 7.99. The Morgan fingerprint density at radius 3 is 1.72 bits per heavy atom. The van der Waals surface area contributed by atoms with Gasteiger partial charge < -0.3 is 9.84 Å². The maximum absolute atomic E-state index is 11.6. The smallest absolute Gasteiger partial charge is 0.313 e. The summed E-state index contributed by atoms with van der Waals surface area (Å²) in [5.41, 5.74) is 0. The second-order valence-electron chi connectivity index (χ2n) is 5.56. The molecule has 2 heterocycles. The van der Waals surface area contributed by atoms with Gasteiger partial charge >= 0.3 is 11.9 Å². The zero-order valence-electron chi connectivity index (χ0n) is 13.6. The molecule has 0 aromatic carbocycles. The standard InChI is InChI=1S/C10H16O3S.C6H10O2S.2CH4/c1-2-13-10(12)7-9(11)8-3-5-14-6-4-8;7-6(8)5-1-3-9-4-2-5;;/h8H,2-7H2,1H3;5H,1-4H2,(H,7,8);2*1H4. The van der Waals surface area contributed by atoms with Crippen molar-refractivity contribution in [3.63, 3.8) is 0 Å². The van der Waals surface area contributed by atoms with Crippen LogP contribution in [0.2, 0.25) is 0 Å². The number of carbonyl (C=O) groups is 3. The van der Waals surface area contributed by atoms with Crippen molar-refractivity contribution < 1.29 is 24.2 Å². The van der Waals surface area contributed by atoms with Crippen LogP contribution >= 0.6 is 23.5 Å². The van der Waals surface area contributed by atoms with Gasteiger partial charge in [0.05, 0.1) is 12.5 Å². The summed E-state index contributed by atoms with van der Waals surface area (Å²) < 4.78 is 4.74. The number of Topliss-reactive ketones (excluding diaryl/α,β-unsaturated/α-hetero) is 1. The number of hydrogen-bond acceptors (Lipinski definition) is 6. The number of carboxylic acid groups (broad SMARTS) is 1. The van der Waals surface area contributed by atoms with Gasteiger partial charge in [0.1, 0.15) is 12.2 Å². The summed E-state index contributed by atoms with van der Waals surface area (Å²) in [7, 11) is 0. The molecule has 0 aliphatic carbocycles. The van der Waals surface area contributed by atoms with Crippen LogP contribution in [0.1, 0.15) is 53.9 Å². The fourth-order valence-electron chi connectivity index (χ4n) is 2.46. The van der Waals surface area contributed by atoms with Crippen molar-refractivity contribution in [1.82, 2.24) is 0 Å². The van der Waals surface area contributed by atoms with Crippen molar-refractivity contribution in [2.45, 2.75) is 53.9 Å². The summed E-state index contributed by atoms with van der Waals surface area (Å²) in [6.07, 6.45) is 3.52. The zero-order chi connectivity index (χ0) is 17.1. The Labute approximate surface area is 161 Å². The topological polar surface area (TPSA) is 80.7 Å². The van der Waals surface area contributed by atoms with Gasteiger partial charge in [0, 0.05) is 5.92 Å². The lowest BCUT2D eigenvalue weighted by atomic mass is 9.96. The number of aliphatic carboxylic acids is 1. The summed E-state index contributed by atoms with van der Waals surface area (Å²) in [5, 5.41) is 8.53. The van der Waals surface area contributed by atoms with E-state index >= 15 is 0 Å². The number of ether oxygens (including phenoxy) is 1.